The highest BCUT2D eigenvalue weighted by Gasteiger charge is 2.17. The molecule has 1 atom stereocenters. The second-order valence-electron chi connectivity index (χ2n) is 5.00. The van der Waals surface area contributed by atoms with E-state index in [2.05, 4.69) is 12.2 Å². The number of nitrogens with one attached hydrogen (secondary N) is 1. The van der Waals surface area contributed by atoms with Gasteiger partial charge < -0.3 is 11.1 Å². The summed E-state index contributed by atoms with van der Waals surface area (Å²) >= 11 is 1.60. The molecule has 0 bridgehead atoms. The zero-order chi connectivity index (χ0) is 15.4. The summed E-state index contributed by atoms with van der Waals surface area (Å²) in [4.78, 5) is 13.4. The molecule has 1 unspecified atom stereocenters. The van der Waals surface area contributed by atoms with Gasteiger partial charge in [-0.1, -0.05) is 19.4 Å². The number of halogens is 1. The summed E-state index contributed by atoms with van der Waals surface area (Å²) in [5, 5.41) is 4.94. The van der Waals surface area contributed by atoms with E-state index in [1.807, 2.05) is 17.5 Å². The molecule has 0 saturated carbocycles. The first kappa shape index (κ1) is 15.5. The maximum absolute atomic E-state index is 13.7. The molecule has 0 aliphatic rings. The average molecular weight is 306 g/mol. The molecule has 21 heavy (non-hydrogen) atoms. The summed E-state index contributed by atoms with van der Waals surface area (Å²) in [6, 6.07) is 6.66. The Morgan fingerprint density at radius 1 is 1.48 bits per heavy atom. The van der Waals surface area contributed by atoms with Crippen LogP contribution in [-0.4, -0.2) is 5.91 Å². The third kappa shape index (κ3) is 3.61. The van der Waals surface area contributed by atoms with Crippen molar-refractivity contribution in [1.82, 2.24) is 5.32 Å². The fourth-order valence-corrected chi connectivity index (χ4v) is 2.95. The number of amides is 1. The van der Waals surface area contributed by atoms with Gasteiger partial charge in [0.05, 0.1) is 6.04 Å². The Bertz CT molecular complexity index is 602. The topological polar surface area (TPSA) is 55.1 Å². The fourth-order valence-electron chi connectivity index (χ4n) is 2.14. The van der Waals surface area contributed by atoms with Gasteiger partial charge in [-0.25, -0.2) is 4.39 Å². The number of thiophene rings is 1. The maximum Gasteiger partial charge on any atom is 0.251 e. The van der Waals surface area contributed by atoms with Crippen molar-refractivity contribution in [2.45, 2.75) is 32.7 Å². The molecule has 0 aliphatic carbocycles. The lowest BCUT2D eigenvalue weighted by molar-refractivity contribution is 0.0935. The molecular formula is C16H19FN2OS. The van der Waals surface area contributed by atoms with Crippen molar-refractivity contribution in [2.24, 2.45) is 0 Å². The molecule has 1 amide bonds. The molecule has 3 N–H and O–H groups in total. The number of rotatable bonds is 5. The number of carbonyl (C=O) groups excluding carboxylic acids is 1. The molecule has 0 spiro atoms. The van der Waals surface area contributed by atoms with Crippen LogP contribution in [0.15, 0.2) is 29.6 Å². The van der Waals surface area contributed by atoms with Crippen molar-refractivity contribution < 1.29 is 9.18 Å². The first-order chi connectivity index (χ1) is 10.0. The quantitative estimate of drug-likeness (QED) is 0.819. The number of anilines is 1. The third-order valence-electron chi connectivity index (χ3n) is 3.42. The van der Waals surface area contributed by atoms with Gasteiger partial charge in [-0.2, -0.15) is 0 Å². The first-order valence-electron chi connectivity index (χ1n) is 6.92. The zero-order valence-corrected chi connectivity index (χ0v) is 13.0. The van der Waals surface area contributed by atoms with Gasteiger partial charge >= 0.3 is 0 Å². The van der Waals surface area contributed by atoms with Crippen molar-refractivity contribution >= 4 is 22.9 Å². The summed E-state index contributed by atoms with van der Waals surface area (Å²) in [5.41, 5.74) is 6.65. The van der Waals surface area contributed by atoms with Crippen molar-refractivity contribution in [2.75, 3.05) is 5.73 Å². The molecule has 5 heteroatoms. The number of hydrogen-bond acceptors (Lipinski definition) is 3. The highest BCUT2D eigenvalue weighted by Crippen LogP contribution is 2.24. The second kappa shape index (κ2) is 6.72. The van der Waals surface area contributed by atoms with Crippen LogP contribution in [0.5, 0.6) is 0 Å². The van der Waals surface area contributed by atoms with Crippen molar-refractivity contribution in [3.8, 4) is 0 Å². The number of hydrogen-bond donors (Lipinski definition) is 2. The van der Waals surface area contributed by atoms with Crippen LogP contribution < -0.4 is 11.1 Å². The Kier molecular flexibility index (Phi) is 4.96. The van der Waals surface area contributed by atoms with E-state index in [9.17, 15) is 9.18 Å². The van der Waals surface area contributed by atoms with Gasteiger partial charge in [0.15, 0.2) is 0 Å². The molecule has 112 valence electrons. The van der Waals surface area contributed by atoms with Gasteiger partial charge in [-0.05, 0) is 36.9 Å². The predicted octanol–water partition coefficient (Wildman–Crippen LogP) is 4.05. The van der Waals surface area contributed by atoms with E-state index in [4.69, 9.17) is 5.73 Å². The van der Waals surface area contributed by atoms with E-state index < -0.39 is 5.82 Å². The molecule has 2 rings (SSSR count). The average Bonchev–Trinajstić information content (AvgIpc) is 2.97. The van der Waals surface area contributed by atoms with E-state index in [1.165, 1.54) is 12.1 Å². The molecule has 0 saturated heterocycles. The molecule has 3 nitrogen and oxygen atoms in total. The first-order valence-corrected chi connectivity index (χ1v) is 7.80. The van der Waals surface area contributed by atoms with Gasteiger partial charge in [-0.3, -0.25) is 4.79 Å². The Morgan fingerprint density at radius 2 is 2.24 bits per heavy atom. The third-order valence-corrected chi connectivity index (χ3v) is 4.40. The van der Waals surface area contributed by atoms with E-state index in [-0.39, 0.29) is 17.5 Å². The van der Waals surface area contributed by atoms with Gasteiger partial charge in [-0.15, -0.1) is 11.3 Å². The molecule has 1 aromatic carbocycles. The normalized spacial score (nSPS) is 12.1. The zero-order valence-electron chi connectivity index (χ0n) is 12.2. The maximum atomic E-state index is 13.7. The van der Waals surface area contributed by atoms with Gasteiger partial charge in [0, 0.05) is 21.7 Å². The van der Waals surface area contributed by atoms with E-state index in [0.29, 0.717) is 11.3 Å². The monoisotopic (exact) mass is 306 g/mol. The largest absolute Gasteiger partial charge is 0.398 e. The molecule has 1 aromatic heterocycles. The lowest BCUT2D eigenvalue weighted by Crippen LogP contribution is -2.28. The van der Waals surface area contributed by atoms with Gasteiger partial charge in [0.25, 0.3) is 5.91 Å². The second-order valence-corrected chi connectivity index (χ2v) is 5.98. The summed E-state index contributed by atoms with van der Waals surface area (Å²) < 4.78 is 13.7. The standard InChI is InChI=1S/C16H19FN2OS/c1-3-5-14(15-6-4-7-21-15)19-16(20)11-8-12(17)10(2)13(18)9-11/h4,6-9,14H,3,5,18H2,1-2H3,(H,19,20). The number of benzene rings is 1. The highest BCUT2D eigenvalue weighted by atomic mass is 32.1. The molecule has 0 fully saturated rings. The van der Waals surface area contributed by atoms with Crippen LogP contribution in [0.2, 0.25) is 0 Å². The van der Waals surface area contributed by atoms with E-state index in [1.54, 1.807) is 18.3 Å². The lowest BCUT2D eigenvalue weighted by atomic mass is 10.1. The van der Waals surface area contributed by atoms with Crippen LogP contribution in [0.1, 0.15) is 46.6 Å². The van der Waals surface area contributed by atoms with Gasteiger partial charge in [0.2, 0.25) is 0 Å². The summed E-state index contributed by atoms with van der Waals surface area (Å²) in [6.45, 7) is 3.66. The fraction of sp³-hybridized carbons (Fsp3) is 0.312. The van der Waals surface area contributed by atoms with E-state index >= 15 is 0 Å². The van der Waals surface area contributed by atoms with Crippen LogP contribution in [0.4, 0.5) is 10.1 Å². The molecule has 1 heterocycles. The minimum absolute atomic E-state index is 0.0481. The van der Waals surface area contributed by atoms with E-state index in [0.717, 1.165) is 17.7 Å². The van der Waals surface area contributed by atoms with Crippen LogP contribution in [0.3, 0.4) is 0 Å². The lowest BCUT2D eigenvalue weighted by Gasteiger charge is -2.17. The SMILES string of the molecule is CCCC(NC(=O)c1cc(N)c(C)c(F)c1)c1cccs1. The summed E-state index contributed by atoms with van der Waals surface area (Å²) in [6.07, 6.45) is 1.79. The smallest absolute Gasteiger partial charge is 0.251 e. The summed E-state index contributed by atoms with van der Waals surface area (Å²) in [7, 11) is 0. The minimum atomic E-state index is -0.455. The molecular weight excluding hydrogens is 287 g/mol. The number of nitrogen functional groups attached to an aromatic ring is 1. The molecule has 0 aliphatic heterocycles. The van der Waals surface area contributed by atoms with Crippen LogP contribution >= 0.6 is 11.3 Å². The highest BCUT2D eigenvalue weighted by molar-refractivity contribution is 7.10. The Balaban J connectivity index is 2.19. The number of carbonyl (C=O) groups is 1. The van der Waals surface area contributed by atoms with Crippen LogP contribution in [0.25, 0.3) is 0 Å². The van der Waals surface area contributed by atoms with Crippen LogP contribution in [0, 0.1) is 12.7 Å². The Morgan fingerprint density at radius 3 is 2.81 bits per heavy atom. The Labute approximate surface area is 128 Å². The predicted molar refractivity (Wildman–Crippen MR) is 85.0 cm³/mol. The number of nitrogens with two attached hydrogens (primary N) is 1. The Hall–Kier alpha value is -1.88. The van der Waals surface area contributed by atoms with Gasteiger partial charge in [0.1, 0.15) is 5.82 Å². The summed E-state index contributed by atoms with van der Waals surface area (Å²) in [5.74, 6) is -0.754. The minimum Gasteiger partial charge on any atom is -0.398 e. The van der Waals surface area contributed by atoms with Crippen molar-refractivity contribution in [3.05, 3.63) is 51.5 Å². The van der Waals surface area contributed by atoms with Crippen molar-refractivity contribution in [1.29, 1.82) is 0 Å². The molecule has 2 aromatic rings. The van der Waals surface area contributed by atoms with Crippen molar-refractivity contribution in [3.63, 3.8) is 0 Å². The van der Waals surface area contributed by atoms with Crippen LogP contribution in [-0.2, 0) is 0 Å². The molecule has 0 radical (unpaired) electrons.